The quantitative estimate of drug-likeness (QED) is 0.378. The summed E-state index contributed by atoms with van der Waals surface area (Å²) in [6.07, 6.45) is 1.49. The summed E-state index contributed by atoms with van der Waals surface area (Å²) in [6.45, 7) is 0. The molecule has 4 aromatic rings. The molecule has 8 heteroatoms. The fourth-order valence-electron chi connectivity index (χ4n) is 2.78. The topological polar surface area (TPSA) is 87.1 Å². The first kappa shape index (κ1) is 19.0. The van der Waals surface area contributed by atoms with Gasteiger partial charge in [0.15, 0.2) is 11.6 Å². The summed E-state index contributed by atoms with van der Waals surface area (Å²) >= 11 is 12.0. The van der Waals surface area contributed by atoms with E-state index < -0.39 is 6.03 Å². The number of amides is 2. The Hall–Kier alpha value is -3.35. The number of rotatable bonds is 3. The van der Waals surface area contributed by atoms with Crippen LogP contribution in [0.2, 0.25) is 10.0 Å². The van der Waals surface area contributed by atoms with Gasteiger partial charge >= 0.3 is 6.03 Å². The zero-order chi connectivity index (χ0) is 20.4. The Morgan fingerprint density at radius 3 is 2.31 bits per heavy atom. The van der Waals surface area contributed by atoms with Gasteiger partial charge < -0.3 is 10.4 Å². The minimum Gasteiger partial charge on any atom is -0.505 e. The fourth-order valence-corrected chi connectivity index (χ4v) is 3.27. The fraction of sp³-hybridized carbons (Fsp3) is 0. The first-order chi connectivity index (χ1) is 14.0. The number of carbonyl (C=O) groups excluding carboxylic acids is 1. The van der Waals surface area contributed by atoms with Gasteiger partial charge in [0.25, 0.3) is 0 Å². The number of hydrogen-bond donors (Lipinski definition) is 3. The molecule has 2 amide bonds. The van der Waals surface area contributed by atoms with Crippen LogP contribution in [-0.2, 0) is 0 Å². The number of halogens is 2. The van der Waals surface area contributed by atoms with Crippen molar-refractivity contribution in [3.63, 3.8) is 0 Å². The monoisotopic (exact) mass is 424 g/mol. The maximum Gasteiger partial charge on any atom is 0.324 e. The number of fused-ring (bicyclic) bond motifs is 1. The highest BCUT2D eigenvalue weighted by Gasteiger charge is 2.10. The van der Waals surface area contributed by atoms with Gasteiger partial charge in [-0.15, -0.1) is 0 Å². The second-order valence-corrected chi connectivity index (χ2v) is 7.01. The van der Waals surface area contributed by atoms with Gasteiger partial charge in [-0.2, -0.15) is 0 Å². The summed E-state index contributed by atoms with van der Waals surface area (Å²) in [7, 11) is 0. The van der Waals surface area contributed by atoms with E-state index in [0.717, 1.165) is 11.1 Å². The Morgan fingerprint density at radius 1 is 0.862 bits per heavy atom. The Balaban J connectivity index is 1.61. The predicted octanol–water partition coefficient (Wildman–Crippen LogP) is 5.95. The molecule has 6 nitrogen and oxygen atoms in total. The maximum atomic E-state index is 12.2. The van der Waals surface area contributed by atoms with E-state index in [9.17, 15) is 9.90 Å². The molecule has 144 valence electrons. The van der Waals surface area contributed by atoms with Crippen LogP contribution < -0.4 is 10.6 Å². The van der Waals surface area contributed by atoms with Crippen LogP contribution in [-0.4, -0.2) is 21.1 Å². The number of nitrogens with zero attached hydrogens (tertiary/aromatic N) is 2. The van der Waals surface area contributed by atoms with Crippen LogP contribution in [0.15, 0.2) is 66.9 Å². The van der Waals surface area contributed by atoms with Crippen molar-refractivity contribution in [2.75, 3.05) is 10.6 Å². The molecule has 0 fully saturated rings. The van der Waals surface area contributed by atoms with Gasteiger partial charge in [0.05, 0.1) is 27.3 Å². The lowest BCUT2D eigenvalue weighted by molar-refractivity contribution is 0.262. The number of urea groups is 1. The molecule has 0 spiro atoms. The largest absolute Gasteiger partial charge is 0.505 e. The highest BCUT2D eigenvalue weighted by molar-refractivity contribution is 6.37. The van der Waals surface area contributed by atoms with Gasteiger partial charge in [-0.05, 0) is 47.5 Å². The van der Waals surface area contributed by atoms with Crippen LogP contribution in [0.5, 0.6) is 5.75 Å². The molecule has 0 radical (unpaired) electrons. The molecular weight excluding hydrogens is 411 g/mol. The summed E-state index contributed by atoms with van der Waals surface area (Å²) in [6, 6.07) is 17.4. The molecule has 0 atom stereocenters. The van der Waals surface area contributed by atoms with Crippen molar-refractivity contribution in [1.82, 2.24) is 9.97 Å². The van der Waals surface area contributed by atoms with E-state index >= 15 is 0 Å². The minimum atomic E-state index is -0.418. The van der Waals surface area contributed by atoms with Crippen molar-refractivity contribution in [2.24, 2.45) is 0 Å². The van der Waals surface area contributed by atoms with E-state index in [4.69, 9.17) is 23.2 Å². The predicted molar refractivity (Wildman–Crippen MR) is 116 cm³/mol. The second kappa shape index (κ2) is 7.95. The van der Waals surface area contributed by atoms with Crippen molar-refractivity contribution in [2.45, 2.75) is 0 Å². The lowest BCUT2D eigenvalue weighted by Crippen LogP contribution is -2.20. The van der Waals surface area contributed by atoms with Gasteiger partial charge in [-0.3, -0.25) is 10.3 Å². The molecular formula is C21H14Cl2N4O2. The number of aromatic nitrogens is 2. The van der Waals surface area contributed by atoms with Gasteiger partial charge in [-0.25, -0.2) is 9.78 Å². The van der Waals surface area contributed by atoms with Crippen LogP contribution in [0, 0.1) is 0 Å². The third-order valence-corrected chi connectivity index (χ3v) is 4.74. The number of nitrogens with one attached hydrogen (secondary N) is 2. The van der Waals surface area contributed by atoms with Crippen LogP contribution in [0.3, 0.4) is 0 Å². The summed E-state index contributed by atoms with van der Waals surface area (Å²) in [4.78, 5) is 21.0. The molecule has 1 heterocycles. The molecule has 3 N–H and O–H groups in total. The van der Waals surface area contributed by atoms with Crippen molar-refractivity contribution in [3.8, 4) is 16.9 Å². The van der Waals surface area contributed by atoms with Gasteiger partial charge in [0, 0.05) is 5.69 Å². The Labute approximate surface area is 176 Å². The number of para-hydroxylation sites is 1. The number of benzene rings is 3. The van der Waals surface area contributed by atoms with Crippen LogP contribution >= 0.6 is 23.2 Å². The first-order valence-electron chi connectivity index (χ1n) is 8.58. The molecule has 0 aliphatic carbocycles. The molecule has 0 aliphatic heterocycles. The maximum absolute atomic E-state index is 12.2. The average Bonchev–Trinajstić information content (AvgIpc) is 2.71. The number of anilines is 2. The van der Waals surface area contributed by atoms with Gasteiger partial charge in [0.1, 0.15) is 0 Å². The summed E-state index contributed by atoms with van der Waals surface area (Å²) in [5.41, 5.74) is 3.43. The van der Waals surface area contributed by atoms with E-state index in [1.165, 1.54) is 6.20 Å². The lowest BCUT2D eigenvalue weighted by Gasteiger charge is -2.09. The Kier molecular flexibility index (Phi) is 5.20. The Bertz CT molecular complexity index is 1190. The molecule has 0 bridgehead atoms. The van der Waals surface area contributed by atoms with E-state index in [1.807, 2.05) is 30.3 Å². The first-order valence-corrected chi connectivity index (χ1v) is 9.33. The number of hydrogen-bond acceptors (Lipinski definition) is 4. The van der Waals surface area contributed by atoms with E-state index in [0.29, 0.717) is 22.5 Å². The third-order valence-electron chi connectivity index (χ3n) is 4.17. The van der Waals surface area contributed by atoms with Gasteiger partial charge in [-0.1, -0.05) is 47.5 Å². The third kappa shape index (κ3) is 4.23. The number of phenolic OH excluding ortho intramolecular Hbond substituents is 1. The average molecular weight is 425 g/mol. The zero-order valence-electron chi connectivity index (χ0n) is 14.9. The molecule has 4 rings (SSSR count). The van der Waals surface area contributed by atoms with Crippen LogP contribution in [0.1, 0.15) is 0 Å². The standard InChI is InChI=1S/C21H14Cl2N4O2/c22-15-8-13(9-16(23)20(15)28)12-6-7-17-18(10-12)26-19(11-24-17)27-21(29)25-14-4-2-1-3-5-14/h1-11,28H,(H2,25,26,27,29). The van der Waals surface area contributed by atoms with Gasteiger partial charge in [0.2, 0.25) is 0 Å². The van der Waals surface area contributed by atoms with Crippen molar-refractivity contribution < 1.29 is 9.90 Å². The molecule has 3 aromatic carbocycles. The zero-order valence-corrected chi connectivity index (χ0v) is 16.4. The lowest BCUT2D eigenvalue weighted by atomic mass is 10.0. The molecule has 29 heavy (non-hydrogen) atoms. The summed E-state index contributed by atoms with van der Waals surface area (Å²) in [5.74, 6) is 0.151. The SMILES string of the molecule is O=C(Nc1ccccc1)Nc1cnc2ccc(-c3cc(Cl)c(O)c(Cl)c3)cc2n1. The molecule has 1 aromatic heterocycles. The smallest absolute Gasteiger partial charge is 0.324 e. The number of carbonyl (C=O) groups is 1. The van der Waals surface area contributed by atoms with E-state index in [-0.39, 0.29) is 15.8 Å². The number of phenols is 1. The van der Waals surface area contributed by atoms with E-state index in [2.05, 4.69) is 20.6 Å². The van der Waals surface area contributed by atoms with E-state index in [1.54, 1.807) is 30.3 Å². The highest BCUT2D eigenvalue weighted by Crippen LogP contribution is 2.36. The second-order valence-electron chi connectivity index (χ2n) is 6.19. The summed E-state index contributed by atoms with van der Waals surface area (Å²) in [5, 5.41) is 15.5. The van der Waals surface area contributed by atoms with Crippen LogP contribution in [0.4, 0.5) is 16.3 Å². The van der Waals surface area contributed by atoms with Crippen LogP contribution in [0.25, 0.3) is 22.2 Å². The van der Waals surface area contributed by atoms with Crippen molar-refractivity contribution in [1.29, 1.82) is 0 Å². The molecule has 0 saturated heterocycles. The molecule has 0 saturated carbocycles. The van der Waals surface area contributed by atoms with Crippen molar-refractivity contribution >= 4 is 51.8 Å². The Morgan fingerprint density at radius 2 is 1.59 bits per heavy atom. The number of aromatic hydroxyl groups is 1. The minimum absolute atomic E-state index is 0.159. The highest BCUT2D eigenvalue weighted by atomic mass is 35.5. The molecule has 0 aliphatic rings. The normalized spacial score (nSPS) is 10.7. The summed E-state index contributed by atoms with van der Waals surface area (Å²) < 4.78 is 0. The molecule has 0 unspecified atom stereocenters. The van der Waals surface area contributed by atoms with Crippen molar-refractivity contribution in [3.05, 3.63) is 76.9 Å².